The summed E-state index contributed by atoms with van der Waals surface area (Å²) in [6.07, 6.45) is 5.89. The van der Waals surface area contributed by atoms with E-state index in [0.29, 0.717) is 32.0 Å². The normalized spacial score (nSPS) is 27.3. The fraction of sp³-hybridized carbons (Fsp3) is 0.667. The second kappa shape index (κ2) is 9.91. The molecule has 3 rings (SSSR count). The molecule has 0 bridgehead atoms. The number of carbonyl (C=O) groups excluding carboxylic acids is 1. The van der Waals surface area contributed by atoms with Crippen molar-refractivity contribution in [2.24, 2.45) is 5.92 Å². The highest BCUT2D eigenvalue weighted by molar-refractivity contribution is 7.88. The molecule has 0 radical (unpaired) electrons. The van der Waals surface area contributed by atoms with E-state index in [1.54, 1.807) is 4.90 Å². The standard InChI is InChI=1S/C21H33N3O4S/c1-3-22-21(25)24-11-7-10-19(23-29(2,26)27)20(24)15-28-18-13-17(14-18)12-16-8-5-4-6-9-16/h4-6,8-9,17-20,23H,3,7,10-15H2,1-2H3,(H,22,25)/t17-,18-,19-,20-/m0/s1. The number of sulfonamides is 1. The first-order valence-corrected chi connectivity index (χ1v) is 12.4. The van der Waals surface area contributed by atoms with Crippen LogP contribution in [0.3, 0.4) is 0 Å². The average molecular weight is 424 g/mol. The molecule has 2 fully saturated rings. The van der Waals surface area contributed by atoms with Crippen LogP contribution in [0.4, 0.5) is 4.79 Å². The lowest BCUT2D eigenvalue weighted by Gasteiger charge is -2.43. The van der Waals surface area contributed by atoms with Crippen molar-refractivity contribution in [2.45, 2.75) is 57.2 Å². The molecule has 2 aliphatic rings. The van der Waals surface area contributed by atoms with Gasteiger partial charge in [0.25, 0.3) is 0 Å². The van der Waals surface area contributed by atoms with Crippen LogP contribution in [0.1, 0.15) is 38.2 Å². The van der Waals surface area contributed by atoms with Gasteiger partial charge in [-0.15, -0.1) is 0 Å². The lowest BCUT2D eigenvalue weighted by molar-refractivity contribution is -0.0570. The number of amides is 2. The molecule has 8 heteroatoms. The molecule has 0 aromatic heterocycles. The Morgan fingerprint density at radius 2 is 1.97 bits per heavy atom. The molecule has 1 aromatic rings. The summed E-state index contributed by atoms with van der Waals surface area (Å²) in [6.45, 7) is 3.38. The summed E-state index contributed by atoms with van der Waals surface area (Å²) in [4.78, 5) is 14.2. The molecule has 1 aliphatic carbocycles. The number of hydrogen-bond acceptors (Lipinski definition) is 4. The SMILES string of the molecule is CCNC(=O)N1CCC[C@H](NS(C)(=O)=O)[C@@H]1CO[C@H]1C[C@H](Cc2ccccc2)C1. The lowest BCUT2D eigenvalue weighted by Crippen LogP contribution is -2.61. The number of ether oxygens (including phenoxy) is 1. The molecule has 1 aliphatic heterocycles. The molecule has 2 amide bonds. The minimum Gasteiger partial charge on any atom is -0.376 e. The predicted molar refractivity (Wildman–Crippen MR) is 113 cm³/mol. The van der Waals surface area contributed by atoms with Gasteiger partial charge in [0.05, 0.1) is 25.0 Å². The number of hydrogen-bond donors (Lipinski definition) is 2. The molecule has 0 unspecified atom stereocenters. The van der Waals surface area contributed by atoms with E-state index < -0.39 is 10.0 Å². The number of urea groups is 1. The first kappa shape index (κ1) is 22.1. The first-order chi connectivity index (χ1) is 13.9. The Kier molecular flexibility index (Phi) is 7.54. The zero-order valence-corrected chi connectivity index (χ0v) is 18.2. The van der Waals surface area contributed by atoms with Crippen LogP contribution in [0, 0.1) is 5.92 Å². The van der Waals surface area contributed by atoms with Gasteiger partial charge in [0, 0.05) is 19.1 Å². The number of nitrogens with zero attached hydrogens (tertiary/aromatic N) is 1. The van der Waals surface area contributed by atoms with Crippen LogP contribution in [0.5, 0.6) is 0 Å². The van der Waals surface area contributed by atoms with Crippen molar-refractivity contribution >= 4 is 16.1 Å². The van der Waals surface area contributed by atoms with Crippen molar-refractivity contribution in [1.29, 1.82) is 0 Å². The minimum atomic E-state index is -3.36. The Labute approximate surface area is 174 Å². The number of rotatable bonds is 8. The molecule has 2 N–H and O–H groups in total. The summed E-state index contributed by atoms with van der Waals surface area (Å²) in [5.74, 6) is 0.623. The topological polar surface area (TPSA) is 87.7 Å². The average Bonchev–Trinajstić information content (AvgIpc) is 2.64. The Balaban J connectivity index is 1.55. The number of benzene rings is 1. The maximum absolute atomic E-state index is 12.5. The van der Waals surface area contributed by atoms with E-state index in [4.69, 9.17) is 4.74 Å². The summed E-state index contributed by atoms with van der Waals surface area (Å²) in [6, 6.07) is 9.70. The van der Waals surface area contributed by atoms with Gasteiger partial charge in [-0.1, -0.05) is 30.3 Å². The summed E-state index contributed by atoms with van der Waals surface area (Å²) < 4.78 is 32.4. The van der Waals surface area contributed by atoms with Crippen LogP contribution < -0.4 is 10.0 Å². The molecule has 1 heterocycles. The third-order valence-corrected chi connectivity index (χ3v) is 6.53. The van der Waals surface area contributed by atoms with Crippen molar-refractivity contribution in [2.75, 3.05) is 26.0 Å². The third-order valence-electron chi connectivity index (χ3n) is 5.80. The number of piperidine rings is 1. The molecule has 29 heavy (non-hydrogen) atoms. The molecule has 1 aromatic carbocycles. The van der Waals surface area contributed by atoms with Gasteiger partial charge in [0.2, 0.25) is 10.0 Å². The van der Waals surface area contributed by atoms with Crippen LogP contribution in [-0.2, 0) is 21.2 Å². The van der Waals surface area contributed by atoms with E-state index in [0.717, 1.165) is 31.9 Å². The van der Waals surface area contributed by atoms with Gasteiger partial charge < -0.3 is 15.0 Å². The molecule has 1 saturated carbocycles. The molecular formula is C21H33N3O4S. The fourth-order valence-corrected chi connectivity index (χ4v) is 5.16. The molecule has 2 atom stereocenters. The van der Waals surface area contributed by atoms with Crippen molar-refractivity contribution in [3.63, 3.8) is 0 Å². The van der Waals surface area contributed by atoms with Crippen LogP contribution >= 0.6 is 0 Å². The highest BCUT2D eigenvalue weighted by Gasteiger charge is 2.38. The maximum Gasteiger partial charge on any atom is 0.317 e. The first-order valence-electron chi connectivity index (χ1n) is 10.5. The Morgan fingerprint density at radius 1 is 1.24 bits per heavy atom. The highest BCUT2D eigenvalue weighted by atomic mass is 32.2. The summed E-state index contributed by atoms with van der Waals surface area (Å²) in [7, 11) is -3.36. The quantitative estimate of drug-likeness (QED) is 0.671. The van der Waals surface area contributed by atoms with Crippen LogP contribution in [0.15, 0.2) is 30.3 Å². The predicted octanol–water partition coefficient (Wildman–Crippen LogP) is 2.14. The summed E-state index contributed by atoms with van der Waals surface area (Å²) in [5, 5.41) is 2.83. The zero-order chi connectivity index (χ0) is 20.9. The molecule has 7 nitrogen and oxygen atoms in total. The Hall–Kier alpha value is -1.64. The van der Waals surface area contributed by atoms with E-state index in [9.17, 15) is 13.2 Å². The third kappa shape index (κ3) is 6.42. The van der Waals surface area contributed by atoms with Crippen molar-refractivity contribution in [3.8, 4) is 0 Å². The highest BCUT2D eigenvalue weighted by Crippen LogP contribution is 2.33. The van der Waals surface area contributed by atoms with Crippen molar-refractivity contribution < 1.29 is 17.9 Å². The number of carbonyl (C=O) groups is 1. The fourth-order valence-electron chi connectivity index (χ4n) is 4.34. The van der Waals surface area contributed by atoms with Gasteiger partial charge in [-0.2, -0.15) is 0 Å². The largest absolute Gasteiger partial charge is 0.376 e. The van der Waals surface area contributed by atoms with Gasteiger partial charge in [-0.05, 0) is 50.5 Å². The molecule has 1 saturated heterocycles. The Morgan fingerprint density at radius 3 is 2.62 bits per heavy atom. The second-order valence-electron chi connectivity index (χ2n) is 8.22. The maximum atomic E-state index is 12.5. The van der Waals surface area contributed by atoms with Gasteiger partial charge in [0.1, 0.15) is 0 Å². The molecule has 162 valence electrons. The Bertz CT molecular complexity index is 765. The number of likely N-dealkylation sites (tertiary alicyclic amines) is 1. The second-order valence-corrected chi connectivity index (χ2v) is 10.00. The monoisotopic (exact) mass is 423 g/mol. The van der Waals surface area contributed by atoms with Crippen molar-refractivity contribution in [3.05, 3.63) is 35.9 Å². The van der Waals surface area contributed by atoms with Crippen molar-refractivity contribution in [1.82, 2.24) is 14.9 Å². The zero-order valence-electron chi connectivity index (χ0n) is 17.3. The summed E-state index contributed by atoms with van der Waals surface area (Å²) >= 11 is 0. The smallest absolute Gasteiger partial charge is 0.317 e. The van der Waals surface area contributed by atoms with Crippen LogP contribution in [-0.4, -0.2) is 63.5 Å². The van der Waals surface area contributed by atoms with E-state index in [1.807, 2.05) is 13.0 Å². The van der Waals surface area contributed by atoms with E-state index in [2.05, 4.69) is 34.3 Å². The minimum absolute atomic E-state index is 0.156. The van der Waals surface area contributed by atoms with Gasteiger partial charge in [0.15, 0.2) is 0 Å². The summed E-state index contributed by atoms with van der Waals surface area (Å²) in [5.41, 5.74) is 1.35. The lowest BCUT2D eigenvalue weighted by atomic mass is 9.78. The van der Waals surface area contributed by atoms with E-state index >= 15 is 0 Å². The van der Waals surface area contributed by atoms with Gasteiger partial charge in [-0.3, -0.25) is 0 Å². The van der Waals surface area contributed by atoms with Crippen LogP contribution in [0.25, 0.3) is 0 Å². The van der Waals surface area contributed by atoms with E-state index in [1.165, 1.54) is 5.56 Å². The van der Waals surface area contributed by atoms with Crippen LogP contribution in [0.2, 0.25) is 0 Å². The molecule has 0 spiro atoms. The van der Waals surface area contributed by atoms with Gasteiger partial charge in [-0.25, -0.2) is 17.9 Å². The number of nitrogens with one attached hydrogen (secondary N) is 2. The van der Waals surface area contributed by atoms with E-state index in [-0.39, 0.29) is 24.2 Å². The van der Waals surface area contributed by atoms with Gasteiger partial charge >= 0.3 is 6.03 Å². The molecular weight excluding hydrogens is 390 g/mol.